The van der Waals surface area contributed by atoms with Crippen LogP contribution in [0, 0.1) is 0 Å². The molecule has 30 heavy (non-hydrogen) atoms. The van der Waals surface area contributed by atoms with E-state index in [4.69, 9.17) is 4.74 Å². The Hall–Kier alpha value is -3.39. The molecular weight excluding hydrogens is 404 g/mol. The number of sulfonamides is 1. The Bertz CT molecular complexity index is 1220. The first-order chi connectivity index (χ1) is 14.5. The van der Waals surface area contributed by atoms with Gasteiger partial charge in [0.2, 0.25) is 5.91 Å². The average molecular weight is 424 g/mol. The number of hydrogen-bond acceptors (Lipinski definition) is 5. The SMILES string of the molecule is O=C(CCN1C(=O)c2ccccc2S1(=O)=O)NCCOc1ccc2ccccc2c1. The van der Waals surface area contributed by atoms with E-state index in [1.54, 1.807) is 12.1 Å². The minimum Gasteiger partial charge on any atom is -0.492 e. The zero-order valence-electron chi connectivity index (χ0n) is 16.1. The third kappa shape index (κ3) is 3.86. The smallest absolute Gasteiger partial charge is 0.269 e. The lowest BCUT2D eigenvalue weighted by atomic mass is 10.1. The van der Waals surface area contributed by atoms with Gasteiger partial charge >= 0.3 is 0 Å². The van der Waals surface area contributed by atoms with E-state index in [-0.39, 0.29) is 42.5 Å². The second kappa shape index (κ2) is 8.16. The Morgan fingerprint density at radius 1 is 0.967 bits per heavy atom. The third-order valence-corrected chi connectivity index (χ3v) is 6.71. The molecule has 1 heterocycles. The van der Waals surface area contributed by atoms with Gasteiger partial charge in [0.15, 0.2) is 0 Å². The number of benzene rings is 3. The topological polar surface area (TPSA) is 92.8 Å². The van der Waals surface area contributed by atoms with Gasteiger partial charge in [-0.25, -0.2) is 12.7 Å². The lowest BCUT2D eigenvalue weighted by molar-refractivity contribution is -0.121. The van der Waals surface area contributed by atoms with Crippen molar-refractivity contribution in [3.63, 3.8) is 0 Å². The van der Waals surface area contributed by atoms with E-state index in [1.165, 1.54) is 12.1 Å². The summed E-state index contributed by atoms with van der Waals surface area (Å²) in [4.78, 5) is 24.4. The van der Waals surface area contributed by atoms with Crippen molar-refractivity contribution in [1.82, 2.24) is 9.62 Å². The molecule has 1 N–H and O–H groups in total. The number of amides is 2. The number of nitrogens with one attached hydrogen (secondary N) is 1. The molecule has 3 aromatic rings. The van der Waals surface area contributed by atoms with Crippen LogP contribution in [0.1, 0.15) is 16.8 Å². The Labute approximate surface area is 174 Å². The number of rotatable bonds is 7. The molecule has 1 aliphatic rings. The fraction of sp³-hybridized carbons (Fsp3) is 0.182. The molecule has 0 aromatic heterocycles. The van der Waals surface area contributed by atoms with E-state index in [9.17, 15) is 18.0 Å². The van der Waals surface area contributed by atoms with Crippen LogP contribution in [0.4, 0.5) is 0 Å². The fourth-order valence-electron chi connectivity index (χ4n) is 3.36. The molecule has 0 atom stereocenters. The highest BCUT2D eigenvalue weighted by atomic mass is 32.2. The first kappa shape index (κ1) is 19.9. The second-order valence-electron chi connectivity index (χ2n) is 6.84. The summed E-state index contributed by atoms with van der Waals surface area (Å²) in [6, 6.07) is 19.7. The van der Waals surface area contributed by atoms with E-state index in [2.05, 4.69) is 5.32 Å². The van der Waals surface area contributed by atoms with Crippen molar-refractivity contribution in [2.45, 2.75) is 11.3 Å². The average Bonchev–Trinajstić information content (AvgIpc) is 2.95. The van der Waals surface area contributed by atoms with Crippen molar-refractivity contribution in [3.8, 4) is 5.75 Å². The molecule has 8 heteroatoms. The molecular formula is C22H20N2O5S. The van der Waals surface area contributed by atoms with Crippen LogP contribution >= 0.6 is 0 Å². The summed E-state index contributed by atoms with van der Waals surface area (Å²) in [6.07, 6.45) is -0.116. The third-order valence-electron chi connectivity index (χ3n) is 4.87. The lowest BCUT2D eigenvalue weighted by Gasteiger charge is -2.15. The Morgan fingerprint density at radius 2 is 1.70 bits per heavy atom. The van der Waals surface area contributed by atoms with Crippen LogP contribution < -0.4 is 10.1 Å². The van der Waals surface area contributed by atoms with E-state index in [1.807, 2.05) is 42.5 Å². The van der Waals surface area contributed by atoms with Crippen molar-refractivity contribution in [1.29, 1.82) is 0 Å². The molecule has 3 aromatic carbocycles. The van der Waals surface area contributed by atoms with Gasteiger partial charge in [0, 0.05) is 13.0 Å². The molecule has 0 unspecified atom stereocenters. The highest BCUT2D eigenvalue weighted by Gasteiger charge is 2.40. The summed E-state index contributed by atoms with van der Waals surface area (Å²) in [5.74, 6) is -0.247. The molecule has 0 saturated heterocycles. The summed E-state index contributed by atoms with van der Waals surface area (Å²) < 4.78 is 31.4. The van der Waals surface area contributed by atoms with Gasteiger partial charge in [-0.3, -0.25) is 9.59 Å². The van der Waals surface area contributed by atoms with Crippen LogP contribution in [0.15, 0.2) is 71.6 Å². The molecule has 0 aliphatic carbocycles. The summed E-state index contributed by atoms with van der Waals surface area (Å²) >= 11 is 0. The summed E-state index contributed by atoms with van der Waals surface area (Å²) in [5.41, 5.74) is 0.140. The first-order valence-corrected chi connectivity index (χ1v) is 11.0. The predicted octanol–water partition coefficient (Wildman–Crippen LogP) is 2.57. The number of carbonyl (C=O) groups excluding carboxylic acids is 2. The quantitative estimate of drug-likeness (QED) is 0.589. The maximum atomic E-state index is 12.5. The maximum absolute atomic E-state index is 12.5. The molecule has 154 valence electrons. The number of carbonyl (C=O) groups is 2. The van der Waals surface area contributed by atoms with Gasteiger partial charge in [-0.1, -0.05) is 42.5 Å². The van der Waals surface area contributed by atoms with Crippen LogP contribution in [0.3, 0.4) is 0 Å². The summed E-state index contributed by atoms with van der Waals surface area (Å²) in [7, 11) is -3.89. The van der Waals surface area contributed by atoms with Gasteiger partial charge in [-0.15, -0.1) is 0 Å². The Balaban J connectivity index is 1.25. The normalized spacial score (nSPS) is 14.5. The predicted molar refractivity (Wildman–Crippen MR) is 112 cm³/mol. The van der Waals surface area contributed by atoms with Crippen molar-refractivity contribution < 1.29 is 22.7 Å². The molecule has 2 amide bonds. The zero-order valence-corrected chi connectivity index (χ0v) is 16.9. The Morgan fingerprint density at radius 3 is 2.50 bits per heavy atom. The molecule has 0 radical (unpaired) electrons. The summed E-state index contributed by atoms with van der Waals surface area (Å²) in [5, 5.41) is 4.86. The van der Waals surface area contributed by atoms with Crippen LogP contribution in [0.25, 0.3) is 10.8 Å². The molecule has 1 aliphatic heterocycles. The van der Waals surface area contributed by atoms with Gasteiger partial charge in [-0.2, -0.15) is 0 Å². The standard InChI is InChI=1S/C22H20N2O5S/c25-21(11-13-24-22(26)19-7-3-4-8-20(19)30(24,27)28)23-12-14-29-18-10-9-16-5-1-2-6-17(16)15-18/h1-10,15H,11-14H2,(H,23,25). The van der Waals surface area contributed by atoms with Gasteiger partial charge in [0.25, 0.3) is 15.9 Å². The first-order valence-electron chi connectivity index (χ1n) is 9.51. The van der Waals surface area contributed by atoms with Crippen molar-refractivity contribution in [2.24, 2.45) is 0 Å². The number of fused-ring (bicyclic) bond motifs is 2. The monoisotopic (exact) mass is 424 g/mol. The molecule has 0 spiro atoms. The highest BCUT2D eigenvalue weighted by Crippen LogP contribution is 2.29. The van der Waals surface area contributed by atoms with Crippen LogP contribution in [0.5, 0.6) is 5.75 Å². The highest BCUT2D eigenvalue weighted by molar-refractivity contribution is 7.90. The van der Waals surface area contributed by atoms with Crippen LogP contribution in [-0.2, 0) is 14.8 Å². The molecule has 7 nitrogen and oxygen atoms in total. The molecule has 4 rings (SSSR count). The van der Waals surface area contributed by atoms with Gasteiger partial charge in [0.05, 0.1) is 12.1 Å². The molecule has 0 saturated carbocycles. The number of nitrogens with zero attached hydrogens (tertiary/aromatic N) is 1. The van der Waals surface area contributed by atoms with Crippen LogP contribution in [-0.4, -0.2) is 44.2 Å². The fourth-order valence-corrected chi connectivity index (χ4v) is 4.93. The number of ether oxygens (including phenoxy) is 1. The van der Waals surface area contributed by atoms with Crippen molar-refractivity contribution in [3.05, 3.63) is 72.3 Å². The van der Waals surface area contributed by atoms with Gasteiger partial charge in [-0.05, 0) is 35.0 Å². The van der Waals surface area contributed by atoms with Gasteiger partial charge in [0.1, 0.15) is 17.3 Å². The van der Waals surface area contributed by atoms with Crippen molar-refractivity contribution >= 4 is 32.6 Å². The van der Waals surface area contributed by atoms with E-state index in [0.29, 0.717) is 5.75 Å². The molecule has 0 bridgehead atoms. The Kier molecular flexibility index (Phi) is 5.41. The largest absolute Gasteiger partial charge is 0.492 e. The minimum absolute atomic E-state index is 0.0146. The lowest BCUT2D eigenvalue weighted by Crippen LogP contribution is -2.35. The minimum atomic E-state index is -3.89. The number of hydrogen-bond donors (Lipinski definition) is 1. The van der Waals surface area contributed by atoms with Crippen LogP contribution in [0.2, 0.25) is 0 Å². The zero-order chi connectivity index (χ0) is 21.1. The summed E-state index contributed by atoms with van der Waals surface area (Å²) in [6.45, 7) is 0.344. The molecule has 0 fully saturated rings. The van der Waals surface area contributed by atoms with E-state index >= 15 is 0 Å². The second-order valence-corrected chi connectivity index (χ2v) is 8.67. The van der Waals surface area contributed by atoms with Gasteiger partial charge < -0.3 is 10.1 Å². The van der Waals surface area contributed by atoms with Crippen molar-refractivity contribution in [2.75, 3.05) is 19.7 Å². The maximum Gasteiger partial charge on any atom is 0.269 e. The van der Waals surface area contributed by atoms with E-state index < -0.39 is 15.9 Å². The van der Waals surface area contributed by atoms with E-state index in [0.717, 1.165) is 15.1 Å².